The minimum Gasteiger partial charge on any atom is -0.497 e. The summed E-state index contributed by atoms with van der Waals surface area (Å²) in [7, 11) is 3.11. The first-order chi connectivity index (χ1) is 10.6. The van der Waals surface area contributed by atoms with Gasteiger partial charge in [-0.3, -0.25) is 10.1 Å². The first-order valence-electron chi connectivity index (χ1n) is 6.35. The van der Waals surface area contributed by atoms with Crippen LogP contribution >= 0.6 is 0 Å². The Balaban J connectivity index is 2.12. The molecule has 0 saturated carbocycles. The van der Waals surface area contributed by atoms with Crippen molar-refractivity contribution in [1.29, 1.82) is 0 Å². The highest BCUT2D eigenvalue weighted by molar-refractivity contribution is 5.79. The number of hydrogen-bond donors (Lipinski definition) is 1. The number of aromatic nitrogens is 3. The van der Waals surface area contributed by atoms with Crippen LogP contribution in [0.2, 0.25) is 0 Å². The van der Waals surface area contributed by atoms with Gasteiger partial charge in [0, 0.05) is 12.1 Å². The fourth-order valence-corrected chi connectivity index (χ4v) is 2.11. The van der Waals surface area contributed by atoms with Crippen molar-refractivity contribution in [3.63, 3.8) is 0 Å². The van der Waals surface area contributed by atoms with Crippen molar-refractivity contribution in [2.24, 2.45) is 0 Å². The van der Waals surface area contributed by atoms with Crippen LogP contribution in [0.5, 0.6) is 11.5 Å². The fourth-order valence-electron chi connectivity index (χ4n) is 2.11. The van der Waals surface area contributed by atoms with Crippen LogP contribution in [0.1, 0.15) is 0 Å². The van der Waals surface area contributed by atoms with E-state index in [4.69, 9.17) is 9.47 Å². The van der Waals surface area contributed by atoms with Crippen LogP contribution in [0, 0.1) is 10.1 Å². The lowest BCUT2D eigenvalue weighted by Crippen LogP contribution is -1.91. The Morgan fingerprint density at radius 1 is 1.23 bits per heavy atom. The predicted octanol–water partition coefficient (Wildman–Crippen LogP) is 2.55. The lowest BCUT2D eigenvalue weighted by molar-refractivity contribution is -0.385. The summed E-state index contributed by atoms with van der Waals surface area (Å²) in [5, 5.41) is 10.8. The molecule has 3 rings (SSSR count). The van der Waals surface area contributed by atoms with Crippen LogP contribution in [0.15, 0.2) is 30.5 Å². The lowest BCUT2D eigenvalue weighted by atomic mass is 10.2. The van der Waals surface area contributed by atoms with E-state index in [9.17, 15) is 10.1 Å². The van der Waals surface area contributed by atoms with E-state index in [-0.39, 0.29) is 5.69 Å². The van der Waals surface area contributed by atoms with Gasteiger partial charge in [-0.25, -0.2) is 9.97 Å². The molecule has 0 bridgehead atoms. The fraction of sp³-hybridized carbons (Fsp3) is 0.143. The Hall–Kier alpha value is -3.16. The molecule has 112 valence electrons. The molecule has 0 saturated heterocycles. The number of nitrogens with one attached hydrogen (secondary N) is 1. The monoisotopic (exact) mass is 300 g/mol. The van der Waals surface area contributed by atoms with Crippen molar-refractivity contribution in [3.8, 4) is 22.9 Å². The number of aromatic amines is 1. The van der Waals surface area contributed by atoms with Crippen molar-refractivity contribution in [2.45, 2.75) is 0 Å². The number of H-pyrrole nitrogens is 1. The first kappa shape index (κ1) is 13.8. The van der Waals surface area contributed by atoms with E-state index in [1.54, 1.807) is 32.4 Å². The van der Waals surface area contributed by atoms with Crippen molar-refractivity contribution in [2.75, 3.05) is 14.2 Å². The zero-order valence-electron chi connectivity index (χ0n) is 11.9. The smallest absolute Gasteiger partial charge is 0.289 e. The molecule has 0 aliphatic carbocycles. The summed E-state index contributed by atoms with van der Waals surface area (Å²) >= 11 is 0. The van der Waals surface area contributed by atoms with Crippen LogP contribution in [0.4, 0.5) is 5.69 Å². The second-order valence-electron chi connectivity index (χ2n) is 4.47. The largest absolute Gasteiger partial charge is 0.497 e. The summed E-state index contributed by atoms with van der Waals surface area (Å²) in [6, 6.07) is 6.71. The average molecular weight is 300 g/mol. The van der Waals surface area contributed by atoms with Gasteiger partial charge in [0.25, 0.3) is 5.69 Å². The van der Waals surface area contributed by atoms with Gasteiger partial charge in [0.05, 0.1) is 30.2 Å². The maximum Gasteiger partial charge on any atom is 0.289 e. The molecule has 8 heteroatoms. The number of hydrogen-bond acceptors (Lipinski definition) is 6. The van der Waals surface area contributed by atoms with E-state index in [0.717, 1.165) is 0 Å². The number of pyridine rings is 1. The molecule has 0 atom stereocenters. The topological polar surface area (TPSA) is 103 Å². The molecule has 3 aromatic rings. The Morgan fingerprint density at radius 3 is 2.73 bits per heavy atom. The third kappa shape index (κ3) is 2.30. The summed E-state index contributed by atoms with van der Waals surface area (Å²) in [6.07, 6.45) is 1.18. The summed E-state index contributed by atoms with van der Waals surface area (Å²) in [6.45, 7) is 0. The van der Waals surface area contributed by atoms with E-state index < -0.39 is 4.92 Å². The van der Waals surface area contributed by atoms with Gasteiger partial charge in [-0.2, -0.15) is 0 Å². The zero-order chi connectivity index (χ0) is 15.7. The average Bonchev–Trinajstić information content (AvgIpc) is 2.96. The number of fused-ring (bicyclic) bond motifs is 1. The predicted molar refractivity (Wildman–Crippen MR) is 79.1 cm³/mol. The molecule has 1 N–H and O–H groups in total. The number of ether oxygens (including phenoxy) is 2. The summed E-state index contributed by atoms with van der Waals surface area (Å²) in [5.74, 6) is 1.75. The van der Waals surface area contributed by atoms with Crippen LogP contribution in [-0.4, -0.2) is 34.1 Å². The van der Waals surface area contributed by atoms with Crippen molar-refractivity contribution in [3.05, 3.63) is 40.6 Å². The highest BCUT2D eigenvalue weighted by atomic mass is 16.6. The molecule has 0 radical (unpaired) electrons. The summed E-state index contributed by atoms with van der Waals surface area (Å²) in [5.41, 5.74) is 1.51. The quantitative estimate of drug-likeness (QED) is 0.586. The molecule has 0 aliphatic rings. The SMILES string of the molecule is COc1ccc(-c2nc3ncc([N+](=O)[O-])cc3[nH]2)c(OC)c1. The second-order valence-corrected chi connectivity index (χ2v) is 4.47. The van der Waals surface area contributed by atoms with Gasteiger partial charge < -0.3 is 14.5 Å². The highest BCUT2D eigenvalue weighted by Gasteiger charge is 2.15. The first-order valence-corrected chi connectivity index (χ1v) is 6.35. The van der Waals surface area contributed by atoms with Crippen LogP contribution in [-0.2, 0) is 0 Å². The van der Waals surface area contributed by atoms with E-state index >= 15 is 0 Å². The van der Waals surface area contributed by atoms with Crippen LogP contribution in [0.3, 0.4) is 0 Å². The highest BCUT2D eigenvalue weighted by Crippen LogP contribution is 2.32. The Kier molecular flexibility index (Phi) is 3.34. The minimum atomic E-state index is -0.499. The van der Waals surface area contributed by atoms with E-state index in [2.05, 4.69) is 15.0 Å². The molecule has 0 aliphatic heterocycles. The molecule has 2 heterocycles. The van der Waals surface area contributed by atoms with Crippen molar-refractivity contribution >= 4 is 16.9 Å². The maximum absolute atomic E-state index is 10.8. The van der Waals surface area contributed by atoms with Gasteiger partial charge in [-0.1, -0.05) is 0 Å². The molecular formula is C14H12N4O4. The van der Waals surface area contributed by atoms with Crippen molar-refractivity contribution in [1.82, 2.24) is 15.0 Å². The van der Waals surface area contributed by atoms with Crippen LogP contribution in [0.25, 0.3) is 22.6 Å². The van der Waals surface area contributed by atoms with E-state index in [1.165, 1.54) is 12.3 Å². The molecular weight excluding hydrogens is 288 g/mol. The molecule has 8 nitrogen and oxygen atoms in total. The summed E-state index contributed by atoms with van der Waals surface area (Å²) < 4.78 is 10.5. The number of rotatable bonds is 4. The Bertz CT molecular complexity index is 859. The second kappa shape index (κ2) is 5.32. The van der Waals surface area contributed by atoms with Crippen molar-refractivity contribution < 1.29 is 14.4 Å². The number of nitro groups is 1. The van der Waals surface area contributed by atoms with Gasteiger partial charge in [0.1, 0.15) is 23.5 Å². The van der Waals surface area contributed by atoms with Gasteiger partial charge in [0.2, 0.25) is 0 Å². The summed E-state index contributed by atoms with van der Waals surface area (Å²) in [4.78, 5) is 21.6. The molecule has 1 aromatic carbocycles. The van der Waals surface area contributed by atoms with Crippen LogP contribution < -0.4 is 9.47 Å². The zero-order valence-corrected chi connectivity index (χ0v) is 11.9. The molecule has 0 unspecified atom stereocenters. The van der Waals surface area contributed by atoms with E-state index in [0.29, 0.717) is 34.1 Å². The lowest BCUT2D eigenvalue weighted by Gasteiger charge is -2.08. The van der Waals surface area contributed by atoms with E-state index in [1.807, 2.05) is 0 Å². The normalized spacial score (nSPS) is 10.6. The third-order valence-electron chi connectivity index (χ3n) is 3.20. The Morgan fingerprint density at radius 2 is 2.05 bits per heavy atom. The standard InChI is InChI=1S/C14H12N4O4/c1-21-9-3-4-10(12(6-9)22-2)13-16-11-5-8(18(19)20)7-15-14(11)17-13/h3-7H,1-2H3,(H,15,16,17). The number of benzene rings is 1. The third-order valence-corrected chi connectivity index (χ3v) is 3.20. The minimum absolute atomic E-state index is 0.0932. The van der Waals surface area contributed by atoms with Gasteiger partial charge >= 0.3 is 0 Å². The molecule has 0 fully saturated rings. The molecule has 22 heavy (non-hydrogen) atoms. The van der Waals surface area contributed by atoms with Gasteiger partial charge in [-0.15, -0.1) is 0 Å². The number of imidazole rings is 1. The number of methoxy groups -OCH3 is 2. The Labute approximate surface area is 124 Å². The van der Waals surface area contributed by atoms with Gasteiger partial charge in [-0.05, 0) is 12.1 Å². The molecule has 0 amide bonds. The molecule has 2 aromatic heterocycles. The molecule has 0 spiro atoms. The van der Waals surface area contributed by atoms with Gasteiger partial charge in [0.15, 0.2) is 5.65 Å². The maximum atomic E-state index is 10.8. The number of nitrogens with zero attached hydrogens (tertiary/aromatic N) is 3.